The highest BCUT2D eigenvalue weighted by Gasteiger charge is 2.12. The molecule has 1 aromatic heterocycles. The van der Waals surface area contributed by atoms with Crippen LogP contribution in [0.1, 0.15) is 18.1 Å². The molecule has 0 unspecified atom stereocenters. The minimum Gasteiger partial charge on any atom is -0.490 e. The number of benzene rings is 1. The van der Waals surface area contributed by atoms with E-state index >= 15 is 0 Å². The number of aromatic nitrogens is 1. The van der Waals surface area contributed by atoms with E-state index in [4.69, 9.17) is 21.1 Å². The molecule has 0 radical (unpaired) electrons. The van der Waals surface area contributed by atoms with Gasteiger partial charge in [-0.1, -0.05) is 0 Å². The molecular weight excluding hydrogens is 354 g/mol. The molecule has 0 aliphatic rings. The van der Waals surface area contributed by atoms with E-state index in [-0.39, 0.29) is 0 Å². The van der Waals surface area contributed by atoms with Crippen LogP contribution in [-0.2, 0) is 12.3 Å². The fourth-order valence-electron chi connectivity index (χ4n) is 1.92. The van der Waals surface area contributed by atoms with E-state index in [0.29, 0.717) is 19.1 Å². The fourth-order valence-corrected chi connectivity index (χ4v) is 2.68. The summed E-state index contributed by atoms with van der Waals surface area (Å²) in [4.78, 5) is 4.00. The normalized spacial score (nSPS) is 10.4. The first-order valence-corrected chi connectivity index (χ1v) is 8.10. The third-order valence-electron chi connectivity index (χ3n) is 2.91. The molecule has 0 bridgehead atoms. The van der Waals surface area contributed by atoms with Crippen molar-refractivity contribution < 1.29 is 9.47 Å². The van der Waals surface area contributed by atoms with Crippen LogP contribution in [0.25, 0.3) is 0 Å². The largest absolute Gasteiger partial charge is 0.490 e. The Bertz CT molecular complexity index is 578. The van der Waals surface area contributed by atoms with Crippen molar-refractivity contribution in [3.63, 3.8) is 0 Å². The molecule has 0 aliphatic heterocycles. The highest BCUT2D eigenvalue weighted by atomic mass is 79.9. The van der Waals surface area contributed by atoms with Crippen LogP contribution in [0, 0.1) is 0 Å². The molecule has 0 saturated heterocycles. The number of halogens is 2. The molecule has 0 saturated carbocycles. The average Bonchev–Trinajstić information content (AvgIpc) is 2.51. The standard InChI is InChI=1S/C16H17BrClNO2/c1-2-20-15-10-13(11-18)9-14(17)16(15)21-8-5-12-3-6-19-7-4-12/h3-4,6-7,9-10H,2,5,8,11H2,1H3. The zero-order valence-corrected chi connectivity index (χ0v) is 14.2. The SMILES string of the molecule is CCOc1cc(CCl)cc(Br)c1OCCc1ccncc1. The van der Waals surface area contributed by atoms with E-state index in [1.54, 1.807) is 12.4 Å². The number of hydrogen-bond donors (Lipinski definition) is 0. The summed E-state index contributed by atoms with van der Waals surface area (Å²) in [5.74, 6) is 1.88. The van der Waals surface area contributed by atoms with E-state index in [9.17, 15) is 0 Å². The van der Waals surface area contributed by atoms with Crippen molar-refractivity contribution in [2.45, 2.75) is 19.2 Å². The predicted molar refractivity (Wildman–Crippen MR) is 88.3 cm³/mol. The molecule has 0 spiro atoms. The lowest BCUT2D eigenvalue weighted by atomic mass is 10.2. The van der Waals surface area contributed by atoms with Gasteiger partial charge in [-0.3, -0.25) is 4.98 Å². The second-order valence-electron chi connectivity index (χ2n) is 4.43. The van der Waals surface area contributed by atoms with Crippen molar-refractivity contribution in [1.29, 1.82) is 0 Å². The topological polar surface area (TPSA) is 31.4 Å². The summed E-state index contributed by atoms with van der Waals surface area (Å²) in [6, 6.07) is 7.84. The first kappa shape index (κ1) is 16.1. The van der Waals surface area contributed by atoms with Crippen LogP contribution in [0.5, 0.6) is 11.5 Å². The molecular formula is C16H17BrClNO2. The first-order valence-electron chi connectivity index (χ1n) is 6.77. The lowest BCUT2D eigenvalue weighted by molar-refractivity contribution is 0.277. The van der Waals surface area contributed by atoms with Gasteiger partial charge in [-0.2, -0.15) is 0 Å². The molecule has 0 fully saturated rings. The third-order valence-corrected chi connectivity index (χ3v) is 3.81. The monoisotopic (exact) mass is 369 g/mol. The molecule has 3 nitrogen and oxygen atoms in total. The predicted octanol–water partition coefficient (Wildman–Crippen LogP) is 4.60. The fraction of sp³-hybridized carbons (Fsp3) is 0.312. The number of alkyl halides is 1. The minimum absolute atomic E-state index is 0.440. The maximum Gasteiger partial charge on any atom is 0.175 e. The van der Waals surface area contributed by atoms with Gasteiger partial charge in [0.1, 0.15) is 0 Å². The number of pyridine rings is 1. The summed E-state index contributed by atoms with van der Waals surface area (Å²) in [5, 5.41) is 0. The van der Waals surface area contributed by atoms with E-state index in [0.717, 1.165) is 28.0 Å². The van der Waals surface area contributed by atoms with Crippen LogP contribution in [0.4, 0.5) is 0 Å². The van der Waals surface area contributed by atoms with Crippen molar-refractivity contribution in [2.24, 2.45) is 0 Å². The lowest BCUT2D eigenvalue weighted by Crippen LogP contribution is -2.05. The second kappa shape index (κ2) is 8.25. The number of nitrogens with zero attached hydrogens (tertiary/aromatic N) is 1. The molecule has 0 aliphatic carbocycles. The molecule has 0 N–H and O–H groups in total. The highest BCUT2D eigenvalue weighted by molar-refractivity contribution is 9.10. The van der Waals surface area contributed by atoms with Crippen LogP contribution in [-0.4, -0.2) is 18.2 Å². The zero-order chi connectivity index (χ0) is 15.1. The molecule has 1 aromatic carbocycles. The highest BCUT2D eigenvalue weighted by Crippen LogP contribution is 2.37. The summed E-state index contributed by atoms with van der Waals surface area (Å²) in [5.41, 5.74) is 2.19. The maximum absolute atomic E-state index is 5.89. The van der Waals surface area contributed by atoms with Gasteiger partial charge in [0.2, 0.25) is 0 Å². The molecule has 1 heterocycles. The van der Waals surface area contributed by atoms with Crippen LogP contribution >= 0.6 is 27.5 Å². The van der Waals surface area contributed by atoms with Gasteiger partial charge in [0.25, 0.3) is 0 Å². The van der Waals surface area contributed by atoms with Crippen LogP contribution in [0.2, 0.25) is 0 Å². The van der Waals surface area contributed by atoms with Gasteiger partial charge in [0.15, 0.2) is 11.5 Å². The van der Waals surface area contributed by atoms with Crippen LogP contribution < -0.4 is 9.47 Å². The molecule has 0 atom stereocenters. The Morgan fingerprint density at radius 1 is 1.14 bits per heavy atom. The third kappa shape index (κ3) is 4.61. The number of hydrogen-bond acceptors (Lipinski definition) is 3. The summed E-state index contributed by atoms with van der Waals surface area (Å²) < 4.78 is 12.4. The molecule has 21 heavy (non-hydrogen) atoms. The lowest BCUT2D eigenvalue weighted by Gasteiger charge is -2.15. The zero-order valence-electron chi connectivity index (χ0n) is 11.8. The van der Waals surface area contributed by atoms with Gasteiger partial charge in [0.05, 0.1) is 17.7 Å². The van der Waals surface area contributed by atoms with Crippen LogP contribution in [0.3, 0.4) is 0 Å². The summed E-state index contributed by atoms with van der Waals surface area (Å²) >= 11 is 9.41. The Kier molecular flexibility index (Phi) is 6.33. The van der Waals surface area contributed by atoms with Gasteiger partial charge in [-0.25, -0.2) is 0 Å². The first-order chi connectivity index (χ1) is 10.2. The summed E-state index contributed by atoms with van der Waals surface area (Å²) in [6.45, 7) is 3.10. The van der Waals surface area contributed by atoms with E-state index in [1.165, 1.54) is 5.56 Å². The van der Waals surface area contributed by atoms with Gasteiger partial charge in [0, 0.05) is 24.7 Å². The van der Waals surface area contributed by atoms with Crippen molar-refractivity contribution in [2.75, 3.05) is 13.2 Å². The van der Waals surface area contributed by atoms with Crippen molar-refractivity contribution in [3.8, 4) is 11.5 Å². The van der Waals surface area contributed by atoms with E-state index in [2.05, 4.69) is 20.9 Å². The van der Waals surface area contributed by atoms with Crippen LogP contribution in [0.15, 0.2) is 41.1 Å². The van der Waals surface area contributed by atoms with Gasteiger partial charge in [-0.05, 0) is 58.2 Å². The average molecular weight is 371 g/mol. The number of ether oxygens (including phenoxy) is 2. The molecule has 112 valence electrons. The summed E-state index contributed by atoms with van der Waals surface area (Å²) in [7, 11) is 0. The quantitative estimate of drug-likeness (QED) is 0.667. The molecule has 0 amide bonds. The molecule has 2 aromatic rings. The Morgan fingerprint density at radius 3 is 2.57 bits per heavy atom. The smallest absolute Gasteiger partial charge is 0.175 e. The van der Waals surface area contributed by atoms with E-state index < -0.39 is 0 Å². The minimum atomic E-state index is 0.440. The molecule has 5 heteroatoms. The Balaban J connectivity index is 2.07. The Hall–Kier alpha value is -1.26. The van der Waals surface area contributed by atoms with Gasteiger partial charge >= 0.3 is 0 Å². The Morgan fingerprint density at radius 2 is 1.90 bits per heavy atom. The maximum atomic E-state index is 5.89. The van der Waals surface area contributed by atoms with Gasteiger partial charge < -0.3 is 9.47 Å². The Labute approximate surface area is 138 Å². The van der Waals surface area contributed by atoms with Crippen molar-refractivity contribution >= 4 is 27.5 Å². The van der Waals surface area contributed by atoms with Crippen molar-refractivity contribution in [1.82, 2.24) is 4.98 Å². The second-order valence-corrected chi connectivity index (χ2v) is 5.55. The molecule has 2 rings (SSSR count). The van der Waals surface area contributed by atoms with E-state index in [1.807, 2.05) is 31.2 Å². The van der Waals surface area contributed by atoms with Crippen molar-refractivity contribution in [3.05, 3.63) is 52.3 Å². The summed E-state index contributed by atoms with van der Waals surface area (Å²) in [6.07, 6.45) is 4.38. The van der Waals surface area contributed by atoms with Gasteiger partial charge in [-0.15, -0.1) is 11.6 Å². The number of rotatable bonds is 7.